The van der Waals surface area contributed by atoms with Gasteiger partial charge >= 0.3 is 0 Å². The van der Waals surface area contributed by atoms with Crippen molar-refractivity contribution in [2.75, 3.05) is 23.7 Å². The summed E-state index contributed by atoms with van der Waals surface area (Å²) in [5.41, 5.74) is 2.09. The Labute approximate surface area is 247 Å². The average molecular weight is 605 g/mol. The van der Waals surface area contributed by atoms with E-state index in [1.807, 2.05) is 43.3 Å². The Morgan fingerprint density at radius 2 is 1.60 bits per heavy atom. The zero-order valence-corrected chi connectivity index (χ0v) is 25.1. The molecule has 3 aromatic rings. The van der Waals surface area contributed by atoms with Gasteiger partial charge in [0, 0.05) is 42.5 Å². The second-order valence-corrected chi connectivity index (χ2v) is 12.3. The smallest absolute Gasteiger partial charge is 0.243 e. The van der Waals surface area contributed by atoms with Crippen LogP contribution in [0.5, 0.6) is 0 Å². The van der Waals surface area contributed by atoms with Crippen LogP contribution in [0, 0.1) is 0 Å². The minimum atomic E-state index is -3.56. The van der Waals surface area contributed by atoms with E-state index in [-0.39, 0.29) is 37.7 Å². The lowest BCUT2D eigenvalue weighted by atomic mass is 10.0. The molecule has 7 nitrogen and oxygen atoms in total. The number of para-hydroxylation sites is 1. The van der Waals surface area contributed by atoms with E-state index < -0.39 is 16.1 Å². The van der Waals surface area contributed by atoms with Crippen molar-refractivity contribution in [3.05, 3.63) is 100 Å². The first-order valence-corrected chi connectivity index (χ1v) is 15.8. The molecule has 0 saturated carbocycles. The monoisotopic (exact) mass is 603 g/mol. The summed E-state index contributed by atoms with van der Waals surface area (Å²) < 4.78 is 26.3. The maximum absolute atomic E-state index is 13.8. The maximum atomic E-state index is 13.8. The molecule has 0 saturated heterocycles. The highest BCUT2D eigenvalue weighted by atomic mass is 35.5. The molecule has 1 atom stereocenters. The van der Waals surface area contributed by atoms with Crippen LogP contribution in [0.2, 0.25) is 10.0 Å². The van der Waals surface area contributed by atoms with Gasteiger partial charge in [-0.05, 0) is 48.2 Å². The molecule has 0 aromatic heterocycles. The largest absolute Gasteiger partial charge is 0.354 e. The summed E-state index contributed by atoms with van der Waals surface area (Å²) in [4.78, 5) is 28.8. The van der Waals surface area contributed by atoms with Crippen LogP contribution in [0.15, 0.2) is 78.9 Å². The molecule has 10 heteroatoms. The zero-order chi connectivity index (χ0) is 29.1. The average Bonchev–Trinajstić information content (AvgIpc) is 2.93. The number of rotatable bonds is 14. The third-order valence-corrected chi connectivity index (χ3v) is 8.15. The molecule has 0 aliphatic rings. The van der Waals surface area contributed by atoms with E-state index in [9.17, 15) is 18.0 Å². The predicted octanol–water partition coefficient (Wildman–Crippen LogP) is 5.71. The van der Waals surface area contributed by atoms with Crippen molar-refractivity contribution < 1.29 is 18.0 Å². The number of sulfonamides is 1. The summed E-state index contributed by atoms with van der Waals surface area (Å²) in [7, 11) is -3.56. The second-order valence-electron chi connectivity index (χ2n) is 9.53. The third kappa shape index (κ3) is 9.25. The van der Waals surface area contributed by atoms with Crippen LogP contribution in [0.25, 0.3) is 0 Å². The lowest BCUT2D eigenvalue weighted by Gasteiger charge is -2.32. The number of nitrogens with one attached hydrogen (secondary N) is 1. The Morgan fingerprint density at radius 3 is 2.20 bits per heavy atom. The molecule has 0 heterocycles. The van der Waals surface area contributed by atoms with Crippen LogP contribution < -0.4 is 9.62 Å². The highest BCUT2D eigenvalue weighted by Gasteiger charge is 2.31. The maximum Gasteiger partial charge on any atom is 0.243 e. The fraction of sp³-hybridized carbons (Fsp3) is 0.333. The number of carbonyl (C=O) groups excluding carboxylic acids is 2. The van der Waals surface area contributed by atoms with Crippen molar-refractivity contribution in [1.29, 1.82) is 0 Å². The van der Waals surface area contributed by atoms with E-state index >= 15 is 0 Å². The molecule has 0 bridgehead atoms. The number of halogens is 2. The van der Waals surface area contributed by atoms with Gasteiger partial charge < -0.3 is 10.2 Å². The zero-order valence-electron chi connectivity index (χ0n) is 22.7. The van der Waals surface area contributed by atoms with Crippen LogP contribution in [-0.4, -0.2) is 50.5 Å². The molecular formula is C30H35Cl2N3O4S. The molecule has 3 rings (SSSR count). The van der Waals surface area contributed by atoms with Crippen molar-refractivity contribution >= 4 is 50.7 Å². The third-order valence-electron chi connectivity index (χ3n) is 6.37. The van der Waals surface area contributed by atoms with Crippen molar-refractivity contribution in [2.24, 2.45) is 0 Å². The molecule has 40 heavy (non-hydrogen) atoms. The van der Waals surface area contributed by atoms with Gasteiger partial charge in [-0.1, -0.05) is 84.7 Å². The fourth-order valence-electron chi connectivity index (χ4n) is 4.35. The number of hydrogen-bond acceptors (Lipinski definition) is 4. The van der Waals surface area contributed by atoms with Gasteiger partial charge in [0.2, 0.25) is 21.8 Å². The number of hydrogen-bond donors (Lipinski definition) is 1. The minimum absolute atomic E-state index is 0.0381. The molecule has 0 spiro atoms. The molecule has 0 fully saturated rings. The second kappa shape index (κ2) is 15.1. The Hall–Kier alpha value is -3.07. The summed E-state index contributed by atoms with van der Waals surface area (Å²) in [6.07, 6.45) is 2.51. The number of benzene rings is 3. The molecule has 214 valence electrons. The lowest BCUT2D eigenvalue weighted by molar-refractivity contribution is -0.141. The number of carbonyl (C=O) groups is 2. The summed E-state index contributed by atoms with van der Waals surface area (Å²) in [6.45, 7) is 2.66. The van der Waals surface area contributed by atoms with Crippen molar-refractivity contribution in [2.45, 2.75) is 45.2 Å². The van der Waals surface area contributed by atoms with Gasteiger partial charge in [-0.2, -0.15) is 0 Å². The predicted molar refractivity (Wildman–Crippen MR) is 162 cm³/mol. The Bertz CT molecular complexity index is 1370. The summed E-state index contributed by atoms with van der Waals surface area (Å²) >= 11 is 12.6. The topological polar surface area (TPSA) is 86.8 Å². The molecule has 0 unspecified atom stereocenters. The van der Waals surface area contributed by atoms with Crippen LogP contribution >= 0.6 is 23.2 Å². The van der Waals surface area contributed by atoms with Gasteiger partial charge in [-0.25, -0.2) is 8.42 Å². The first-order chi connectivity index (χ1) is 19.1. The first kappa shape index (κ1) is 31.5. The highest BCUT2D eigenvalue weighted by molar-refractivity contribution is 7.92. The Kier molecular flexibility index (Phi) is 11.9. The Morgan fingerprint density at radius 1 is 0.950 bits per heavy atom. The number of amides is 2. The van der Waals surface area contributed by atoms with Gasteiger partial charge in [0.25, 0.3) is 0 Å². The van der Waals surface area contributed by atoms with Crippen LogP contribution in [0.3, 0.4) is 0 Å². The quantitative estimate of drug-likeness (QED) is 0.256. The minimum Gasteiger partial charge on any atom is -0.354 e. The van der Waals surface area contributed by atoms with Crippen molar-refractivity contribution in [1.82, 2.24) is 10.2 Å². The highest BCUT2D eigenvalue weighted by Crippen LogP contribution is 2.25. The van der Waals surface area contributed by atoms with E-state index in [0.717, 1.165) is 18.2 Å². The fourth-order valence-corrected chi connectivity index (χ4v) is 5.79. The van der Waals surface area contributed by atoms with E-state index in [1.165, 1.54) is 4.31 Å². The normalized spacial score (nSPS) is 12.0. The number of anilines is 1. The molecule has 3 aromatic carbocycles. The van der Waals surface area contributed by atoms with Crippen LogP contribution in [-0.2, 0) is 32.6 Å². The molecule has 1 N–H and O–H groups in total. The van der Waals surface area contributed by atoms with Gasteiger partial charge in [0.15, 0.2) is 0 Å². The molecule has 0 aliphatic heterocycles. The van der Waals surface area contributed by atoms with Gasteiger partial charge in [-0.3, -0.25) is 13.9 Å². The first-order valence-electron chi connectivity index (χ1n) is 13.2. The van der Waals surface area contributed by atoms with Gasteiger partial charge in [0.1, 0.15) is 6.04 Å². The lowest BCUT2D eigenvalue weighted by Crippen LogP contribution is -2.50. The van der Waals surface area contributed by atoms with E-state index in [2.05, 4.69) is 5.32 Å². The molecule has 0 aliphatic carbocycles. The van der Waals surface area contributed by atoms with E-state index in [0.29, 0.717) is 34.3 Å². The van der Waals surface area contributed by atoms with Crippen LogP contribution in [0.1, 0.15) is 37.3 Å². The Balaban J connectivity index is 1.89. The van der Waals surface area contributed by atoms with E-state index in [1.54, 1.807) is 47.4 Å². The van der Waals surface area contributed by atoms with Crippen molar-refractivity contribution in [3.63, 3.8) is 0 Å². The summed E-state index contributed by atoms with van der Waals surface area (Å²) in [5.74, 6) is -0.536. The SMILES string of the molecule is CCCNC(=O)[C@H](Cc1ccccc1)N(Cc1ccc(Cl)cc1Cl)C(=O)CCCN(c1ccccc1)S(C)(=O)=O. The van der Waals surface area contributed by atoms with Crippen LogP contribution in [0.4, 0.5) is 5.69 Å². The van der Waals surface area contributed by atoms with Gasteiger partial charge in [0.05, 0.1) is 11.9 Å². The van der Waals surface area contributed by atoms with E-state index in [4.69, 9.17) is 23.2 Å². The number of nitrogens with zero attached hydrogens (tertiary/aromatic N) is 2. The van der Waals surface area contributed by atoms with Gasteiger partial charge in [-0.15, -0.1) is 0 Å². The summed E-state index contributed by atoms with van der Waals surface area (Å²) in [6, 6.07) is 22.5. The standard InChI is InChI=1S/C30H35Cl2N3O4S/c1-3-18-33-30(37)28(20-23-11-6-4-7-12-23)34(22-24-16-17-25(31)21-27(24)32)29(36)15-10-19-35(40(2,38)39)26-13-8-5-9-14-26/h4-9,11-14,16-17,21,28H,3,10,15,18-20,22H2,1-2H3,(H,33,37)/t28-/m0/s1. The summed E-state index contributed by atoms with van der Waals surface area (Å²) in [5, 5.41) is 3.80. The molecule has 2 amide bonds. The molecule has 0 radical (unpaired) electrons. The molecular weight excluding hydrogens is 569 g/mol. The van der Waals surface area contributed by atoms with Crippen molar-refractivity contribution in [3.8, 4) is 0 Å².